The van der Waals surface area contributed by atoms with Crippen LogP contribution in [-0.4, -0.2) is 36.1 Å². The van der Waals surface area contributed by atoms with E-state index in [-0.39, 0.29) is 0 Å². The third-order valence-corrected chi connectivity index (χ3v) is 4.78. The SMILES string of the molecule is CN1CCCCC(=O)CC1C1CCCCCC(=O)C1. The first kappa shape index (κ1) is 14.7. The highest BCUT2D eigenvalue weighted by Gasteiger charge is 2.30. The third kappa shape index (κ3) is 4.41. The van der Waals surface area contributed by atoms with Crippen molar-refractivity contribution in [3.63, 3.8) is 0 Å². The Bertz CT molecular complexity index is 327. The predicted octanol–water partition coefficient (Wildman–Crippen LogP) is 2.97. The molecule has 1 aliphatic heterocycles. The third-order valence-electron chi connectivity index (χ3n) is 4.78. The highest BCUT2D eigenvalue weighted by Crippen LogP contribution is 2.29. The molecule has 0 N–H and O–H groups in total. The first-order chi connectivity index (χ1) is 9.16. The normalized spacial score (nSPS) is 32.3. The quantitative estimate of drug-likeness (QED) is 0.731. The summed E-state index contributed by atoms with van der Waals surface area (Å²) >= 11 is 0. The molecule has 3 heteroatoms. The first-order valence-corrected chi connectivity index (χ1v) is 7.90. The monoisotopic (exact) mass is 265 g/mol. The second kappa shape index (κ2) is 7.18. The van der Waals surface area contributed by atoms with E-state index >= 15 is 0 Å². The molecule has 1 saturated carbocycles. The Morgan fingerprint density at radius 1 is 0.895 bits per heavy atom. The molecule has 0 radical (unpaired) electrons. The molecule has 0 aromatic heterocycles. The number of hydrogen-bond donors (Lipinski definition) is 0. The van der Waals surface area contributed by atoms with E-state index in [0.29, 0.717) is 36.4 Å². The Hall–Kier alpha value is -0.700. The second-order valence-electron chi connectivity index (χ2n) is 6.35. The van der Waals surface area contributed by atoms with E-state index < -0.39 is 0 Å². The summed E-state index contributed by atoms with van der Waals surface area (Å²) in [6, 6.07) is 0.301. The van der Waals surface area contributed by atoms with E-state index in [1.165, 1.54) is 12.8 Å². The summed E-state index contributed by atoms with van der Waals surface area (Å²) in [6.07, 6.45) is 9.56. The molecule has 0 aromatic carbocycles. The number of carbonyl (C=O) groups is 2. The number of nitrogens with zero attached hydrogens (tertiary/aromatic N) is 1. The summed E-state index contributed by atoms with van der Waals surface area (Å²) in [5.74, 6) is 1.21. The molecule has 0 amide bonds. The highest BCUT2D eigenvalue weighted by molar-refractivity contribution is 5.80. The molecule has 2 atom stereocenters. The fraction of sp³-hybridized carbons (Fsp3) is 0.875. The van der Waals surface area contributed by atoms with Gasteiger partial charge in [-0.05, 0) is 45.2 Å². The molecule has 1 saturated heterocycles. The number of hydrogen-bond acceptors (Lipinski definition) is 3. The van der Waals surface area contributed by atoms with Crippen molar-refractivity contribution in [3.05, 3.63) is 0 Å². The van der Waals surface area contributed by atoms with Gasteiger partial charge in [0.05, 0.1) is 0 Å². The number of carbonyl (C=O) groups excluding carboxylic acids is 2. The van der Waals surface area contributed by atoms with Crippen LogP contribution in [0, 0.1) is 5.92 Å². The van der Waals surface area contributed by atoms with Crippen LogP contribution in [0.5, 0.6) is 0 Å². The first-order valence-electron chi connectivity index (χ1n) is 7.90. The van der Waals surface area contributed by atoms with E-state index in [1.54, 1.807) is 0 Å². The van der Waals surface area contributed by atoms with E-state index in [2.05, 4.69) is 11.9 Å². The number of ketones is 2. The molecule has 108 valence electrons. The zero-order valence-corrected chi connectivity index (χ0v) is 12.2. The summed E-state index contributed by atoms with van der Waals surface area (Å²) in [5.41, 5.74) is 0. The van der Waals surface area contributed by atoms with Gasteiger partial charge in [0.25, 0.3) is 0 Å². The van der Waals surface area contributed by atoms with Gasteiger partial charge in [0.1, 0.15) is 11.6 Å². The minimum absolute atomic E-state index is 0.301. The van der Waals surface area contributed by atoms with Crippen LogP contribution in [0.1, 0.15) is 64.2 Å². The Morgan fingerprint density at radius 2 is 1.58 bits per heavy atom. The van der Waals surface area contributed by atoms with Gasteiger partial charge in [-0.15, -0.1) is 0 Å². The van der Waals surface area contributed by atoms with Crippen molar-refractivity contribution in [3.8, 4) is 0 Å². The Balaban J connectivity index is 2.05. The minimum Gasteiger partial charge on any atom is -0.303 e. The van der Waals surface area contributed by atoms with Gasteiger partial charge < -0.3 is 4.90 Å². The maximum Gasteiger partial charge on any atom is 0.134 e. The fourth-order valence-corrected chi connectivity index (χ4v) is 3.60. The Kier molecular flexibility index (Phi) is 5.56. The molecule has 2 fully saturated rings. The molecule has 2 unspecified atom stereocenters. The van der Waals surface area contributed by atoms with Gasteiger partial charge in [0.15, 0.2) is 0 Å². The van der Waals surface area contributed by atoms with Gasteiger partial charge in [-0.1, -0.05) is 12.8 Å². The van der Waals surface area contributed by atoms with Gasteiger partial charge in [-0.2, -0.15) is 0 Å². The van der Waals surface area contributed by atoms with Crippen LogP contribution < -0.4 is 0 Å². The molecular weight excluding hydrogens is 238 g/mol. The Morgan fingerprint density at radius 3 is 2.37 bits per heavy atom. The standard InChI is InChI=1S/C16H27NO2/c1-17-10-6-5-9-15(19)12-16(17)13-7-3-2-4-8-14(18)11-13/h13,16H,2-12H2,1H3. The summed E-state index contributed by atoms with van der Waals surface area (Å²) in [4.78, 5) is 26.2. The zero-order chi connectivity index (χ0) is 13.7. The molecule has 0 spiro atoms. The van der Waals surface area contributed by atoms with Crippen LogP contribution in [0.3, 0.4) is 0 Å². The van der Waals surface area contributed by atoms with Gasteiger partial charge >= 0.3 is 0 Å². The average Bonchev–Trinajstić information content (AvgIpc) is 2.34. The molecular formula is C16H27NO2. The van der Waals surface area contributed by atoms with Crippen LogP contribution >= 0.6 is 0 Å². The lowest BCUT2D eigenvalue weighted by Gasteiger charge is -2.36. The Labute approximate surface area is 116 Å². The van der Waals surface area contributed by atoms with Crippen LogP contribution in [0.4, 0.5) is 0 Å². The minimum atomic E-state index is 0.301. The van der Waals surface area contributed by atoms with E-state index in [4.69, 9.17) is 0 Å². The van der Waals surface area contributed by atoms with E-state index in [0.717, 1.165) is 45.1 Å². The number of likely N-dealkylation sites (tertiary alicyclic amines) is 1. The molecule has 19 heavy (non-hydrogen) atoms. The molecule has 0 bridgehead atoms. The topological polar surface area (TPSA) is 37.4 Å². The van der Waals surface area contributed by atoms with E-state index in [9.17, 15) is 9.59 Å². The summed E-state index contributed by atoms with van der Waals surface area (Å²) in [6.45, 7) is 1.07. The second-order valence-corrected chi connectivity index (χ2v) is 6.35. The molecule has 1 heterocycles. The maximum absolute atomic E-state index is 12.0. The lowest BCUT2D eigenvalue weighted by molar-refractivity contribution is -0.124. The van der Waals surface area contributed by atoms with Crippen molar-refractivity contribution >= 4 is 11.6 Å². The summed E-state index contributed by atoms with van der Waals surface area (Å²) in [7, 11) is 2.13. The lowest BCUT2D eigenvalue weighted by Crippen LogP contribution is -2.42. The van der Waals surface area contributed by atoms with Crippen molar-refractivity contribution in [1.82, 2.24) is 4.90 Å². The van der Waals surface area contributed by atoms with Gasteiger partial charge in [0, 0.05) is 31.7 Å². The number of Topliss-reactive ketones (excluding diaryl/α,β-unsaturated/α-hetero) is 2. The lowest BCUT2D eigenvalue weighted by atomic mass is 9.81. The van der Waals surface area contributed by atoms with Crippen LogP contribution in [0.25, 0.3) is 0 Å². The van der Waals surface area contributed by atoms with Gasteiger partial charge in [0.2, 0.25) is 0 Å². The molecule has 2 rings (SSSR count). The van der Waals surface area contributed by atoms with Gasteiger partial charge in [-0.25, -0.2) is 0 Å². The molecule has 1 aliphatic carbocycles. The van der Waals surface area contributed by atoms with Gasteiger partial charge in [-0.3, -0.25) is 9.59 Å². The van der Waals surface area contributed by atoms with Crippen LogP contribution in [0.2, 0.25) is 0 Å². The van der Waals surface area contributed by atoms with E-state index in [1.807, 2.05) is 0 Å². The van der Waals surface area contributed by atoms with Crippen molar-refractivity contribution in [2.45, 2.75) is 70.3 Å². The fourth-order valence-electron chi connectivity index (χ4n) is 3.60. The molecule has 2 aliphatic rings. The summed E-state index contributed by atoms with van der Waals surface area (Å²) in [5, 5.41) is 0. The average molecular weight is 265 g/mol. The zero-order valence-electron chi connectivity index (χ0n) is 12.2. The van der Waals surface area contributed by atoms with Crippen LogP contribution in [0.15, 0.2) is 0 Å². The summed E-state index contributed by atoms with van der Waals surface area (Å²) < 4.78 is 0. The predicted molar refractivity (Wildman–Crippen MR) is 76.1 cm³/mol. The number of rotatable bonds is 1. The van der Waals surface area contributed by atoms with Crippen molar-refractivity contribution < 1.29 is 9.59 Å². The smallest absolute Gasteiger partial charge is 0.134 e. The van der Waals surface area contributed by atoms with Crippen molar-refractivity contribution in [2.24, 2.45) is 5.92 Å². The van der Waals surface area contributed by atoms with Crippen LogP contribution in [-0.2, 0) is 9.59 Å². The largest absolute Gasteiger partial charge is 0.303 e. The molecule has 0 aromatic rings. The highest BCUT2D eigenvalue weighted by atomic mass is 16.1. The van der Waals surface area contributed by atoms with Crippen molar-refractivity contribution in [1.29, 1.82) is 0 Å². The molecule has 3 nitrogen and oxygen atoms in total. The maximum atomic E-state index is 12.0. The van der Waals surface area contributed by atoms with Crippen molar-refractivity contribution in [2.75, 3.05) is 13.6 Å².